The minimum Gasteiger partial charge on any atom is -0.444 e. The highest BCUT2D eigenvalue weighted by atomic mass is 16.6. The van der Waals surface area contributed by atoms with Crippen molar-refractivity contribution in [2.24, 2.45) is 0 Å². The Labute approximate surface area is 89.6 Å². The molecule has 0 saturated carbocycles. The van der Waals surface area contributed by atoms with E-state index in [1.54, 1.807) is 27.7 Å². The van der Waals surface area contributed by atoms with Crippen molar-refractivity contribution in [2.75, 3.05) is 6.54 Å². The molecule has 1 fully saturated rings. The molecule has 0 aliphatic carbocycles. The SMILES string of the molecule is C[C@H]1[C@H](O)[C@H](O)CN1C(=O)OC(C)(C)C. The molecule has 0 radical (unpaired) electrons. The van der Waals surface area contributed by atoms with E-state index in [1.807, 2.05) is 0 Å². The minimum absolute atomic E-state index is 0.122. The van der Waals surface area contributed by atoms with E-state index >= 15 is 0 Å². The fraction of sp³-hybridized carbons (Fsp3) is 0.900. The summed E-state index contributed by atoms with van der Waals surface area (Å²) < 4.78 is 5.15. The van der Waals surface area contributed by atoms with Gasteiger partial charge in [-0.25, -0.2) is 4.79 Å². The van der Waals surface area contributed by atoms with Crippen LogP contribution >= 0.6 is 0 Å². The van der Waals surface area contributed by atoms with Crippen LogP contribution in [-0.2, 0) is 4.74 Å². The Hall–Kier alpha value is -0.810. The molecule has 5 heteroatoms. The first kappa shape index (κ1) is 12.3. The molecule has 1 aliphatic rings. The second-order valence-electron chi connectivity index (χ2n) is 4.93. The smallest absolute Gasteiger partial charge is 0.410 e. The number of aliphatic hydroxyl groups excluding tert-OH is 2. The monoisotopic (exact) mass is 217 g/mol. The van der Waals surface area contributed by atoms with Gasteiger partial charge in [-0.05, 0) is 27.7 Å². The second kappa shape index (κ2) is 3.98. The lowest BCUT2D eigenvalue weighted by Crippen LogP contribution is -2.40. The van der Waals surface area contributed by atoms with E-state index in [9.17, 15) is 15.0 Å². The molecule has 1 amide bonds. The Morgan fingerprint density at radius 3 is 2.27 bits per heavy atom. The first-order valence-corrected chi connectivity index (χ1v) is 5.08. The van der Waals surface area contributed by atoms with Crippen LogP contribution in [-0.4, -0.2) is 51.6 Å². The molecule has 0 unspecified atom stereocenters. The van der Waals surface area contributed by atoms with E-state index in [1.165, 1.54) is 4.90 Å². The number of hydrogen-bond donors (Lipinski definition) is 2. The van der Waals surface area contributed by atoms with Crippen molar-refractivity contribution in [1.29, 1.82) is 0 Å². The number of carbonyl (C=O) groups is 1. The summed E-state index contributed by atoms with van der Waals surface area (Å²) in [6.45, 7) is 7.14. The van der Waals surface area contributed by atoms with Gasteiger partial charge in [0.1, 0.15) is 11.7 Å². The predicted molar refractivity (Wildman–Crippen MR) is 54.4 cm³/mol. The summed E-state index contributed by atoms with van der Waals surface area (Å²) in [5.41, 5.74) is -0.560. The summed E-state index contributed by atoms with van der Waals surface area (Å²) in [7, 11) is 0. The summed E-state index contributed by atoms with van der Waals surface area (Å²) in [6.07, 6.45) is -2.27. The van der Waals surface area contributed by atoms with Gasteiger partial charge in [0, 0.05) is 0 Å². The number of likely N-dealkylation sites (tertiary alicyclic amines) is 1. The Morgan fingerprint density at radius 1 is 1.40 bits per heavy atom. The van der Waals surface area contributed by atoms with E-state index in [2.05, 4.69) is 0 Å². The van der Waals surface area contributed by atoms with Gasteiger partial charge < -0.3 is 19.8 Å². The number of ether oxygens (including phenoxy) is 1. The number of aliphatic hydroxyl groups is 2. The van der Waals surface area contributed by atoms with E-state index in [0.717, 1.165) is 0 Å². The lowest BCUT2D eigenvalue weighted by Gasteiger charge is -2.27. The molecule has 1 aliphatic heterocycles. The van der Waals surface area contributed by atoms with Crippen molar-refractivity contribution in [1.82, 2.24) is 4.90 Å². The topological polar surface area (TPSA) is 70.0 Å². The molecular formula is C10H19NO4. The van der Waals surface area contributed by atoms with Crippen molar-refractivity contribution in [3.05, 3.63) is 0 Å². The van der Waals surface area contributed by atoms with Gasteiger partial charge in [0.05, 0.1) is 18.7 Å². The molecule has 15 heavy (non-hydrogen) atoms. The van der Waals surface area contributed by atoms with E-state index in [0.29, 0.717) is 0 Å². The van der Waals surface area contributed by atoms with Crippen LogP contribution in [0, 0.1) is 0 Å². The molecule has 0 bridgehead atoms. The zero-order valence-corrected chi connectivity index (χ0v) is 9.60. The molecule has 0 aromatic heterocycles. The highest BCUT2D eigenvalue weighted by molar-refractivity contribution is 5.69. The average Bonchev–Trinajstić information content (AvgIpc) is 2.30. The van der Waals surface area contributed by atoms with Crippen LogP contribution in [0.2, 0.25) is 0 Å². The lowest BCUT2D eigenvalue weighted by molar-refractivity contribution is 0.0168. The minimum atomic E-state index is -0.891. The number of hydrogen-bond acceptors (Lipinski definition) is 4. The van der Waals surface area contributed by atoms with Crippen LogP contribution in [0.3, 0.4) is 0 Å². The van der Waals surface area contributed by atoms with Gasteiger partial charge in [-0.3, -0.25) is 0 Å². The summed E-state index contributed by atoms with van der Waals surface area (Å²) in [4.78, 5) is 13.0. The number of nitrogens with zero attached hydrogens (tertiary/aromatic N) is 1. The molecule has 2 N–H and O–H groups in total. The Kier molecular flexibility index (Phi) is 3.25. The standard InChI is InChI=1S/C10H19NO4/c1-6-8(13)7(12)5-11(6)9(14)15-10(2,3)4/h6-8,12-13H,5H2,1-4H3/t6-,7+,8-/m0/s1. The third kappa shape index (κ3) is 2.82. The summed E-state index contributed by atoms with van der Waals surface area (Å²) >= 11 is 0. The third-order valence-electron chi connectivity index (χ3n) is 2.39. The first-order valence-electron chi connectivity index (χ1n) is 5.08. The summed E-state index contributed by atoms with van der Waals surface area (Å²) in [5, 5.41) is 18.9. The number of β-amino-alcohol motifs (C(OH)–C–C–N with tert-alkyl or cyclic N) is 1. The Bertz CT molecular complexity index is 248. The van der Waals surface area contributed by atoms with E-state index in [-0.39, 0.29) is 6.54 Å². The first-order chi connectivity index (χ1) is 6.72. The zero-order valence-electron chi connectivity index (χ0n) is 9.60. The number of amides is 1. The largest absolute Gasteiger partial charge is 0.444 e. The summed E-state index contributed by atoms with van der Waals surface area (Å²) in [5.74, 6) is 0. The Balaban J connectivity index is 2.62. The van der Waals surface area contributed by atoms with Crippen LogP contribution in [0.4, 0.5) is 4.79 Å². The van der Waals surface area contributed by atoms with Crippen molar-refractivity contribution < 1.29 is 19.7 Å². The quantitative estimate of drug-likeness (QED) is 0.614. The van der Waals surface area contributed by atoms with E-state index < -0.39 is 29.9 Å². The summed E-state index contributed by atoms with van der Waals surface area (Å²) in [6, 6.07) is -0.408. The highest BCUT2D eigenvalue weighted by Crippen LogP contribution is 2.21. The second-order valence-corrected chi connectivity index (χ2v) is 4.93. The van der Waals surface area contributed by atoms with Crippen LogP contribution < -0.4 is 0 Å². The van der Waals surface area contributed by atoms with Crippen LogP contribution in [0.15, 0.2) is 0 Å². The molecule has 1 saturated heterocycles. The van der Waals surface area contributed by atoms with Crippen molar-refractivity contribution in [3.63, 3.8) is 0 Å². The maximum atomic E-state index is 11.6. The number of carbonyl (C=O) groups excluding carboxylic acids is 1. The van der Waals surface area contributed by atoms with Gasteiger partial charge >= 0.3 is 6.09 Å². The maximum Gasteiger partial charge on any atom is 0.410 e. The fourth-order valence-corrected chi connectivity index (χ4v) is 1.54. The molecule has 0 aromatic rings. The van der Waals surface area contributed by atoms with E-state index in [4.69, 9.17) is 4.74 Å². The predicted octanol–water partition coefficient (Wildman–Crippen LogP) is 0.347. The molecule has 1 heterocycles. The maximum absolute atomic E-state index is 11.6. The molecular weight excluding hydrogens is 198 g/mol. The average molecular weight is 217 g/mol. The fourth-order valence-electron chi connectivity index (χ4n) is 1.54. The van der Waals surface area contributed by atoms with Crippen LogP contribution in [0.5, 0.6) is 0 Å². The normalized spacial score (nSPS) is 31.9. The molecule has 0 spiro atoms. The van der Waals surface area contributed by atoms with Crippen molar-refractivity contribution >= 4 is 6.09 Å². The van der Waals surface area contributed by atoms with Gasteiger partial charge in [-0.1, -0.05) is 0 Å². The van der Waals surface area contributed by atoms with Gasteiger partial charge in [0.25, 0.3) is 0 Å². The van der Waals surface area contributed by atoms with Gasteiger partial charge in [-0.2, -0.15) is 0 Å². The molecule has 3 atom stereocenters. The highest BCUT2D eigenvalue weighted by Gasteiger charge is 2.41. The molecule has 5 nitrogen and oxygen atoms in total. The van der Waals surface area contributed by atoms with Gasteiger partial charge in [0.2, 0.25) is 0 Å². The van der Waals surface area contributed by atoms with Crippen molar-refractivity contribution in [2.45, 2.75) is 51.5 Å². The molecule has 88 valence electrons. The Morgan fingerprint density at radius 2 is 1.93 bits per heavy atom. The van der Waals surface area contributed by atoms with Gasteiger partial charge in [0.15, 0.2) is 0 Å². The lowest BCUT2D eigenvalue weighted by atomic mass is 10.2. The molecule has 0 aromatic carbocycles. The van der Waals surface area contributed by atoms with Gasteiger partial charge in [-0.15, -0.1) is 0 Å². The molecule has 1 rings (SSSR count). The third-order valence-corrected chi connectivity index (χ3v) is 2.39. The van der Waals surface area contributed by atoms with Crippen LogP contribution in [0.1, 0.15) is 27.7 Å². The number of rotatable bonds is 0. The zero-order chi connectivity index (χ0) is 11.8. The van der Waals surface area contributed by atoms with Crippen molar-refractivity contribution in [3.8, 4) is 0 Å². The van der Waals surface area contributed by atoms with Crippen LogP contribution in [0.25, 0.3) is 0 Å².